The van der Waals surface area contributed by atoms with Gasteiger partial charge in [-0.05, 0) is 31.4 Å². The summed E-state index contributed by atoms with van der Waals surface area (Å²) in [4.78, 5) is 0. The van der Waals surface area contributed by atoms with E-state index >= 15 is 0 Å². The normalized spacial score (nSPS) is 11.9. The first kappa shape index (κ1) is 14.2. The number of aliphatic hydroxyl groups excluding tert-OH is 1. The van der Waals surface area contributed by atoms with Gasteiger partial charge in [-0.1, -0.05) is 0 Å². The molecule has 0 spiro atoms. The topological polar surface area (TPSA) is 106 Å². The van der Waals surface area contributed by atoms with Crippen molar-refractivity contribution in [3.05, 3.63) is 17.9 Å². The third kappa shape index (κ3) is 4.47. The molecule has 1 heterocycles. The maximum absolute atomic E-state index is 11.7. The second-order valence-corrected chi connectivity index (χ2v) is 5.30. The van der Waals surface area contributed by atoms with Crippen LogP contribution in [0.4, 0.5) is 0 Å². The smallest absolute Gasteiger partial charge is 0.273 e. The van der Waals surface area contributed by atoms with E-state index in [1.54, 1.807) is 6.07 Å². The first-order valence-electron chi connectivity index (χ1n) is 5.49. The molecule has 1 aromatic heterocycles. The third-order valence-corrected chi connectivity index (χ3v) is 3.56. The van der Waals surface area contributed by atoms with Gasteiger partial charge in [-0.25, -0.2) is 13.1 Å². The molecule has 4 N–H and O–H groups in total. The van der Waals surface area contributed by atoms with Crippen LogP contribution in [0.5, 0.6) is 0 Å². The molecule has 0 saturated heterocycles. The first-order valence-corrected chi connectivity index (χ1v) is 6.98. The van der Waals surface area contributed by atoms with Crippen LogP contribution in [-0.4, -0.2) is 26.7 Å². The van der Waals surface area contributed by atoms with E-state index in [4.69, 9.17) is 15.3 Å². The summed E-state index contributed by atoms with van der Waals surface area (Å²) in [5.41, 5.74) is 5.33. The molecule has 0 radical (unpaired) electrons. The van der Waals surface area contributed by atoms with E-state index in [1.807, 2.05) is 0 Å². The fourth-order valence-corrected chi connectivity index (χ4v) is 2.32. The van der Waals surface area contributed by atoms with E-state index in [9.17, 15) is 8.42 Å². The highest BCUT2D eigenvalue weighted by Crippen LogP contribution is 2.13. The maximum atomic E-state index is 11.7. The summed E-state index contributed by atoms with van der Waals surface area (Å²) in [6.45, 7) is 0.637. The number of unbranched alkanes of at least 4 members (excludes halogenated alkanes) is 2. The van der Waals surface area contributed by atoms with Gasteiger partial charge in [0.05, 0.1) is 6.54 Å². The van der Waals surface area contributed by atoms with Gasteiger partial charge >= 0.3 is 0 Å². The SMILES string of the molecule is NCc1ccc(S(=O)(=O)NCCCCCO)o1. The van der Waals surface area contributed by atoms with E-state index in [0.717, 1.165) is 6.42 Å². The van der Waals surface area contributed by atoms with Crippen molar-refractivity contribution >= 4 is 10.0 Å². The van der Waals surface area contributed by atoms with Crippen molar-refractivity contribution in [1.82, 2.24) is 4.72 Å². The molecule has 6 nitrogen and oxygen atoms in total. The summed E-state index contributed by atoms with van der Waals surface area (Å²) in [6, 6.07) is 2.93. The summed E-state index contributed by atoms with van der Waals surface area (Å²) < 4.78 is 30.9. The predicted molar refractivity (Wildman–Crippen MR) is 62.7 cm³/mol. The van der Waals surface area contributed by atoms with Crippen molar-refractivity contribution in [3.63, 3.8) is 0 Å². The van der Waals surface area contributed by atoms with Crippen LogP contribution in [0.1, 0.15) is 25.0 Å². The Balaban J connectivity index is 2.45. The molecule has 7 heteroatoms. The van der Waals surface area contributed by atoms with Gasteiger partial charge < -0.3 is 15.3 Å². The molecule has 0 saturated carbocycles. The summed E-state index contributed by atoms with van der Waals surface area (Å²) in [6.07, 6.45) is 2.15. The van der Waals surface area contributed by atoms with Crippen LogP contribution in [-0.2, 0) is 16.6 Å². The Hall–Kier alpha value is -0.890. The number of hydrogen-bond acceptors (Lipinski definition) is 5. The van der Waals surface area contributed by atoms with Crippen molar-refractivity contribution in [2.45, 2.75) is 30.9 Å². The van der Waals surface area contributed by atoms with Crippen molar-refractivity contribution in [2.24, 2.45) is 5.73 Å². The average molecular weight is 262 g/mol. The molecular formula is C10H18N2O4S. The molecule has 0 unspecified atom stereocenters. The van der Waals surface area contributed by atoms with Crippen LogP contribution in [0.15, 0.2) is 21.6 Å². The van der Waals surface area contributed by atoms with Crippen LogP contribution < -0.4 is 10.5 Å². The molecule has 0 atom stereocenters. The van der Waals surface area contributed by atoms with Gasteiger partial charge in [0, 0.05) is 13.2 Å². The summed E-state index contributed by atoms with van der Waals surface area (Å²) >= 11 is 0. The number of hydrogen-bond donors (Lipinski definition) is 3. The van der Waals surface area contributed by atoms with Gasteiger partial charge in [0.15, 0.2) is 0 Å². The van der Waals surface area contributed by atoms with Crippen molar-refractivity contribution < 1.29 is 17.9 Å². The van der Waals surface area contributed by atoms with E-state index in [2.05, 4.69) is 4.72 Å². The number of nitrogens with one attached hydrogen (secondary N) is 1. The number of rotatable bonds is 8. The standard InChI is InChI=1S/C10H18N2O4S/c11-8-9-4-5-10(16-9)17(14,15)12-6-2-1-3-7-13/h4-5,12-13H,1-3,6-8,11H2. The fourth-order valence-electron chi connectivity index (χ4n) is 1.30. The minimum absolute atomic E-state index is 0.111. The molecule has 98 valence electrons. The molecule has 0 fully saturated rings. The van der Waals surface area contributed by atoms with Crippen LogP contribution in [0.3, 0.4) is 0 Å². The van der Waals surface area contributed by atoms with Crippen molar-refractivity contribution in [2.75, 3.05) is 13.2 Å². The number of nitrogens with two attached hydrogens (primary N) is 1. The second-order valence-electron chi connectivity index (χ2n) is 3.61. The third-order valence-electron chi connectivity index (χ3n) is 2.23. The molecule has 0 amide bonds. The highest BCUT2D eigenvalue weighted by molar-refractivity contribution is 7.89. The lowest BCUT2D eigenvalue weighted by atomic mass is 10.2. The quantitative estimate of drug-likeness (QED) is 0.579. The lowest BCUT2D eigenvalue weighted by Crippen LogP contribution is -2.24. The van der Waals surface area contributed by atoms with Gasteiger partial charge in [0.25, 0.3) is 10.0 Å². The zero-order valence-corrected chi connectivity index (χ0v) is 10.4. The molecule has 0 aliphatic carbocycles. The number of furan rings is 1. The molecule has 1 rings (SSSR count). The van der Waals surface area contributed by atoms with Gasteiger partial charge in [-0.3, -0.25) is 0 Å². The van der Waals surface area contributed by atoms with Gasteiger partial charge in [0.2, 0.25) is 5.09 Å². The Bertz CT molecular complexity index is 427. The van der Waals surface area contributed by atoms with E-state index in [0.29, 0.717) is 25.1 Å². The first-order chi connectivity index (χ1) is 8.10. The molecule has 1 aromatic rings. The Morgan fingerprint density at radius 3 is 2.65 bits per heavy atom. The molecular weight excluding hydrogens is 244 g/mol. The Labute approximate surface area is 101 Å². The van der Waals surface area contributed by atoms with Gasteiger partial charge in [-0.2, -0.15) is 0 Å². The lowest BCUT2D eigenvalue weighted by Gasteiger charge is -2.03. The Morgan fingerprint density at radius 2 is 2.06 bits per heavy atom. The highest BCUT2D eigenvalue weighted by atomic mass is 32.2. The average Bonchev–Trinajstić information content (AvgIpc) is 2.78. The van der Waals surface area contributed by atoms with E-state index < -0.39 is 10.0 Å². The van der Waals surface area contributed by atoms with E-state index in [1.165, 1.54) is 6.07 Å². The molecule has 0 bridgehead atoms. The van der Waals surface area contributed by atoms with Crippen molar-refractivity contribution in [1.29, 1.82) is 0 Å². The number of sulfonamides is 1. The monoisotopic (exact) mass is 262 g/mol. The summed E-state index contributed by atoms with van der Waals surface area (Å²) in [7, 11) is -3.57. The fraction of sp³-hybridized carbons (Fsp3) is 0.600. The molecule has 0 aromatic carbocycles. The lowest BCUT2D eigenvalue weighted by molar-refractivity contribution is 0.283. The molecule has 0 aliphatic rings. The zero-order valence-electron chi connectivity index (χ0n) is 9.55. The van der Waals surface area contributed by atoms with Crippen molar-refractivity contribution in [3.8, 4) is 0 Å². The highest BCUT2D eigenvalue weighted by Gasteiger charge is 2.17. The van der Waals surface area contributed by atoms with Gasteiger partial charge in [-0.15, -0.1) is 0 Å². The van der Waals surface area contributed by atoms with Crippen LogP contribution in [0, 0.1) is 0 Å². The predicted octanol–water partition coefficient (Wildman–Crippen LogP) is 0.179. The summed E-state index contributed by atoms with van der Waals surface area (Å²) in [5.74, 6) is 0.436. The largest absolute Gasteiger partial charge is 0.447 e. The zero-order chi connectivity index (χ0) is 12.7. The minimum Gasteiger partial charge on any atom is -0.447 e. The molecule has 0 aliphatic heterocycles. The Kier molecular flexibility index (Phi) is 5.63. The molecule has 17 heavy (non-hydrogen) atoms. The van der Waals surface area contributed by atoms with E-state index in [-0.39, 0.29) is 18.2 Å². The minimum atomic E-state index is -3.57. The van der Waals surface area contributed by atoms with Gasteiger partial charge in [0.1, 0.15) is 5.76 Å². The van der Waals surface area contributed by atoms with Crippen LogP contribution >= 0.6 is 0 Å². The van der Waals surface area contributed by atoms with Crippen LogP contribution in [0.25, 0.3) is 0 Å². The maximum Gasteiger partial charge on any atom is 0.273 e. The summed E-state index contributed by atoms with van der Waals surface area (Å²) in [5, 5.41) is 8.46. The second kappa shape index (κ2) is 6.75. The van der Waals surface area contributed by atoms with Crippen LogP contribution in [0.2, 0.25) is 0 Å². The Morgan fingerprint density at radius 1 is 1.29 bits per heavy atom. The number of aliphatic hydroxyl groups is 1.